The molecule has 20 atom stereocenters. The van der Waals surface area contributed by atoms with E-state index in [0.717, 1.165) is 46.5 Å². The molecule has 10 unspecified atom stereocenters. The van der Waals surface area contributed by atoms with Gasteiger partial charge in [-0.25, -0.2) is 8.42 Å². The third-order valence-electron chi connectivity index (χ3n) is 13.6. The Hall–Kier alpha value is -3.87. The fourth-order valence-corrected chi connectivity index (χ4v) is 9.94. The van der Waals surface area contributed by atoms with Gasteiger partial charge in [-0.15, -0.1) is 0 Å². The third-order valence-corrected chi connectivity index (χ3v) is 14.0. The van der Waals surface area contributed by atoms with E-state index < -0.39 is 183 Å². The maximum Gasteiger partial charge on any atom is 0.251 e. The predicted octanol–water partition coefficient (Wildman–Crippen LogP) is -4.49. The Kier molecular flexibility index (Phi) is 25.7. The molecule has 0 aliphatic carbocycles. The van der Waals surface area contributed by atoms with E-state index in [9.17, 15) is 78.1 Å². The van der Waals surface area contributed by atoms with Crippen molar-refractivity contribution < 1.29 is 120 Å². The predicted molar refractivity (Wildman–Crippen MR) is 262 cm³/mol. The Morgan fingerprint density at radius 2 is 1.00 bits per heavy atom. The van der Waals surface area contributed by atoms with Gasteiger partial charge in [0.2, 0.25) is 28.1 Å². The van der Waals surface area contributed by atoms with Crippen LogP contribution in [0, 0.1) is 0 Å². The van der Waals surface area contributed by atoms with Gasteiger partial charge in [-0.3, -0.25) is 23.4 Å². The molecule has 0 bridgehead atoms. The Bertz CT molecular complexity index is 2170. The molecule has 0 saturated carbocycles. The Morgan fingerprint density at radius 3 is 1.47 bits per heavy atom. The molecule has 13 N–H and O–H groups in total. The maximum absolute atomic E-state index is 13.8. The van der Waals surface area contributed by atoms with Crippen LogP contribution in [-0.2, 0) is 62.1 Å². The molecule has 4 aliphatic rings. The van der Waals surface area contributed by atoms with Gasteiger partial charge in [0.1, 0.15) is 103 Å². The van der Waals surface area contributed by atoms with Crippen LogP contribution < -0.4 is 26.0 Å². The number of aliphatic hydroxyl groups is 9. The second-order valence-corrected chi connectivity index (χ2v) is 20.6. The summed E-state index contributed by atoms with van der Waals surface area (Å²) in [6.45, 7) is 1.58. The summed E-state index contributed by atoms with van der Waals surface area (Å²) in [6, 6.07) is -0.636. The van der Waals surface area contributed by atoms with Crippen molar-refractivity contribution in [2.24, 2.45) is 0 Å². The quantitative estimate of drug-likeness (QED) is 0.0214. The molecule has 4 aliphatic heterocycles. The molecule has 4 heterocycles. The number of ether oxygens (including phenoxy) is 8. The first-order valence-electron chi connectivity index (χ1n) is 26.0. The van der Waals surface area contributed by atoms with Crippen molar-refractivity contribution in [3.8, 4) is 5.75 Å². The number of nitrogens with one attached hydrogen (secondary N) is 4. The fourth-order valence-electron chi connectivity index (χ4n) is 9.64. The zero-order valence-corrected chi connectivity index (χ0v) is 44.5. The largest absolute Gasteiger partial charge is 0.726 e. The number of rotatable bonds is 28. The molecule has 4 fully saturated rings. The summed E-state index contributed by atoms with van der Waals surface area (Å²) in [6.07, 6.45) is -19.6. The van der Waals surface area contributed by atoms with Gasteiger partial charge in [0.15, 0.2) is 25.2 Å². The first kappa shape index (κ1) is 64.9. The van der Waals surface area contributed by atoms with Gasteiger partial charge in [-0.05, 0) is 24.6 Å². The number of hydrogen-bond acceptors (Lipinski definition) is 25. The summed E-state index contributed by atoms with van der Waals surface area (Å²) in [5.41, 5.74) is 0.0706. The van der Waals surface area contributed by atoms with Crippen molar-refractivity contribution in [3.63, 3.8) is 0 Å². The monoisotopic (exact) mass is 1140 g/mol. The van der Waals surface area contributed by atoms with Crippen molar-refractivity contribution in [1.29, 1.82) is 0 Å². The zero-order chi connectivity index (χ0) is 57.4. The number of carbonyl (C=O) groups excluding carboxylic acids is 4. The van der Waals surface area contributed by atoms with E-state index in [2.05, 4.69) is 32.4 Å². The van der Waals surface area contributed by atoms with Crippen LogP contribution in [0.15, 0.2) is 24.3 Å². The molecule has 0 radical (unpaired) electrons. The van der Waals surface area contributed by atoms with Crippen LogP contribution in [-0.4, -0.2) is 238 Å². The van der Waals surface area contributed by atoms with Crippen molar-refractivity contribution in [2.75, 3.05) is 33.0 Å². The third kappa shape index (κ3) is 18.1. The first-order chi connectivity index (χ1) is 37.0. The number of carbonyl (C=O) groups is 4. The van der Waals surface area contributed by atoms with E-state index in [0.29, 0.717) is 12.4 Å². The molecule has 29 nitrogen and oxygen atoms in total. The SMILES string of the molecule is CCCCCCCCCCCOc1cccc(C(=O)N[C@@H]2C(O[C@H]3C(O)C(NC(C)=O)C(OC4C(CO)O[C@@H](O[C@H]5C(O)C(NC(C)=O)C(O)O[C@H]5COS(=O)(=O)[O-])[C@@H](NC(C)=O)[C@H]4O)O[C@H]3CO)OC(CO)[C@@H](O)[C@@H]2O)c1. The van der Waals surface area contributed by atoms with Crippen LogP contribution in [0.4, 0.5) is 0 Å². The minimum absolute atomic E-state index is 0.0706. The Balaban J connectivity index is 1.34. The van der Waals surface area contributed by atoms with Gasteiger partial charge in [-0.2, -0.15) is 0 Å². The topological polar surface area (TPSA) is 439 Å². The lowest BCUT2D eigenvalue weighted by Crippen LogP contribution is -2.71. The van der Waals surface area contributed by atoms with E-state index in [1.807, 2.05) is 0 Å². The molecule has 0 spiro atoms. The van der Waals surface area contributed by atoms with Crippen molar-refractivity contribution in [3.05, 3.63) is 29.8 Å². The molecule has 4 amide bonds. The van der Waals surface area contributed by atoms with Gasteiger partial charge >= 0.3 is 0 Å². The smallest absolute Gasteiger partial charge is 0.251 e. The lowest BCUT2D eigenvalue weighted by atomic mass is 9.93. The van der Waals surface area contributed by atoms with Crippen molar-refractivity contribution in [2.45, 2.75) is 208 Å². The van der Waals surface area contributed by atoms with E-state index >= 15 is 0 Å². The van der Waals surface area contributed by atoms with Gasteiger partial charge in [0.25, 0.3) is 5.91 Å². The molecule has 30 heteroatoms. The first-order valence-corrected chi connectivity index (χ1v) is 27.3. The second kappa shape index (κ2) is 30.8. The van der Waals surface area contributed by atoms with Crippen LogP contribution >= 0.6 is 0 Å². The van der Waals surface area contributed by atoms with E-state index in [1.165, 1.54) is 44.2 Å². The minimum Gasteiger partial charge on any atom is -0.726 e. The van der Waals surface area contributed by atoms with Gasteiger partial charge in [0, 0.05) is 26.3 Å². The van der Waals surface area contributed by atoms with Crippen LogP contribution in [0.2, 0.25) is 0 Å². The van der Waals surface area contributed by atoms with Gasteiger partial charge < -0.3 is 110 Å². The molecule has 5 rings (SSSR count). The van der Waals surface area contributed by atoms with Crippen molar-refractivity contribution >= 4 is 34.0 Å². The Morgan fingerprint density at radius 1 is 0.564 bits per heavy atom. The lowest BCUT2D eigenvalue weighted by molar-refractivity contribution is -0.361. The molecular formula is C48H77N4O25S-. The molecule has 1 aromatic carbocycles. The summed E-state index contributed by atoms with van der Waals surface area (Å²) in [7, 11) is -5.41. The highest BCUT2D eigenvalue weighted by Crippen LogP contribution is 2.35. The molecular weight excluding hydrogens is 1060 g/mol. The van der Waals surface area contributed by atoms with Crippen LogP contribution in [0.25, 0.3) is 0 Å². The highest BCUT2D eigenvalue weighted by molar-refractivity contribution is 7.80. The average Bonchev–Trinajstić information content (AvgIpc) is 3.47. The average molecular weight is 1140 g/mol. The molecule has 4 saturated heterocycles. The minimum atomic E-state index is -5.41. The number of unbranched alkanes of at least 4 members (excludes halogenated alkanes) is 8. The highest BCUT2D eigenvalue weighted by atomic mass is 32.3. The van der Waals surface area contributed by atoms with Gasteiger partial charge in [0.05, 0.1) is 33.0 Å². The molecule has 446 valence electrons. The fraction of sp³-hybridized carbons (Fsp3) is 0.792. The lowest BCUT2D eigenvalue weighted by Gasteiger charge is -2.51. The summed E-state index contributed by atoms with van der Waals surface area (Å²) in [5, 5.41) is 109. The Labute approximate surface area is 451 Å². The second-order valence-electron chi connectivity index (χ2n) is 19.6. The summed E-state index contributed by atoms with van der Waals surface area (Å²) >= 11 is 0. The van der Waals surface area contributed by atoms with E-state index in [4.69, 9.17) is 37.9 Å². The summed E-state index contributed by atoms with van der Waals surface area (Å²) in [4.78, 5) is 51.1. The van der Waals surface area contributed by atoms with E-state index in [-0.39, 0.29) is 5.56 Å². The van der Waals surface area contributed by atoms with E-state index in [1.54, 1.807) is 12.1 Å². The summed E-state index contributed by atoms with van der Waals surface area (Å²) in [5.74, 6) is -2.84. The highest BCUT2D eigenvalue weighted by Gasteiger charge is 2.56. The summed E-state index contributed by atoms with van der Waals surface area (Å²) < 4.78 is 85.7. The number of hydrogen-bond donors (Lipinski definition) is 13. The number of benzene rings is 1. The standard InChI is InChI=1S/C48H78N4O25S/c1-5-6-7-8-9-10-11-12-13-17-69-27-16-14-15-26(18-27)44(64)52-33-37(60)36(59)28(19-53)72-46(33)75-41-29(20-54)73-47(34(39(41)62)50-24(3)57)76-42-30(21-55)74-48(35(40(42)63)51-25(4)58)77-43-31(22-70-78(66,67)68)71-45(65)32(38(43)61)49-23(2)56/h14-16,18,28-43,45-48,53-55,59-63,65H,5-13,17,19-22H2,1-4H3,(H,49,56)(H,50,57)(H,51,58)(H,52,64)(H,66,67,68)/p-1/t28?,29-,30?,31-,32?,33-,34?,35-,36+,37+,38?,39?,40+,41+,42?,43+,45?,46?,47?,48-/m0/s1. The molecule has 78 heavy (non-hydrogen) atoms. The van der Waals surface area contributed by atoms with Crippen LogP contribution in [0.3, 0.4) is 0 Å². The number of aliphatic hydroxyl groups excluding tert-OH is 9. The van der Waals surface area contributed by atoms with Crippen LogP contribution in [0.5, 0.6) is 5.75 Å². The number of amides is 4. The normalized spacial score (nSPS) is 35.3. The zero-order valence-electron chi connectivity index (χ0n) is 43.7. The molecule has 1 aromatic rings. The molecule has 0 aromatic heterocycles. The van der Waals surface area contributed by atoms with Crippen molar-refractivity contribution in [1.82, 2.24) is 21.3 Å². The van der Waals surface area contributed by atoms with Gasteiger partial charge in [-0.1, -0.05) is 64.4 Å². The maximum atomic E-state index is 13.8. The van der Waals surface area contributed by atoms with Crippen LogP contribution in [0.1, 0.15) is 95.8 Å².